The first-order chi connectivity index (χ1) is 14.7. The van der Waals surface area contributed by atoms with Crippen molar-refractivity contribution in [1.29, 1.82) is 0 Å². The Morgan fingerprint density at radius 2 is 1.90 bits per heavy atom. The smallest absolute Gasteiger partial charge is 0.191 e. The van der Waals surface area contributed by atoms with Crippen molar-refractivity contribution in [1.82, 2.24) is 15.5 Å². The van der Waals surface area contributed by atoms with Crippen LogP contribution in [0.4, 0.5) is 0 Å². The first kappa shape index (κ1) is 22.7. The molecule has 1 unspecified atom stereocenters. The van der Waals surface area contributed by atoms with Crippen molar-refractivity contribution in [3.05, 3.63) is 23.8 Å². The standard InChI is InChI=1S/C23H38N4O3/c1-4-24-23(25-9-5-11-30-17-18-6-7-18)26-20-8-10-27(16-20)15-19-12-21(28-2)14-22(13-19)29-3/h12-14,18,20H,4-11,15-17H2,1-3H3,(H2,24,25,26). The molecule has 2 fully saturated rings. The van der Waals surface area contributed by atoms with Crippen molar-refractivity contribution in [3.8, 4) is 11.5 Å². The van der Waals surface area contributed by atoms with E-state index < -0.39 is 0 Å². The minimum Gasteiger partial charge on any atom is -0.497 e. The van der Waals surface area contributed by atoms with Gasteiger partial charge in [-0.25, -0.2) is 0 Å². The summed E-state index contributed by atoms with van der Waals surface area (Å²) in [6.07, 6.45) is 4.76. The molecule has 0 bridgehead atoms. The lowest BCUT2D eigenvalue weighted by atomic mass is 10.2. The van der Waals surface area contributed by atoms with E-state index in [4.69, 9.17) is 19.2 Å². The van der Waals surface area contributed by atoms with Gasteiger partial charge >= 0.3 is 0 Å². The Balaban J connectivity index is 1.42. The summed E-state index contributed by atoms with van der Waals surface area (Å²) in [7, 11) is 3.38. The number of ether oxygens (including phenoxy) is 3. The van der Waals surface area contributed by atoms with Crippen molar-refractivity contribution in [3.63, 3.8) is 0 Å². The highest BCUT2D eigenvalue weighted by molar-refractivity contribution is 5.80. The molecule has 1 atom stereocenters. The zero-order valence-electron chi connectivity index (χ0n) is 18.8. The Labute approximate surface area is 181 Å². The molecule has 1 aliphatic carbocycles. The van der Waals surface area contributed by atoms with Crippen LogP contribution in [0.1, 0.15) is 38.2 Å². The molecule has 1 saturated heterocycles. The number of nitrogens with zero attached hydrogens (tertiary/aromatic N) is 2. The lowest BCUT2D eigenvalue weighted by Gasteiger charge is -2.19. The second kappa shape index (κ2) is 12.0. The molecule has 1 aromatic carbocycles. The third-order valence-corrected chi connectivity index (χ3v) is 5.54. The molecular formula is C23H38N4O3. The highest BCUT2D eigenvalue weighted by atomic mass is 16.5. The van der Waals surface area contributed by atoms with E-state index in [0.717, 1.165) is 82.2 Å². The fourth-order valence-corrected chi connectivity index (χ4v) is 3.72. The number of methoxy groups -OCH3 is 2. The number of hydrogen-bond acceptors (Lipinski definition) is 5. The Morgan fingerprint density at radius 1 is 1.13 bits per heavy atom. The quantitative estimate of drug-likeness (QED) is 0.309. The lowest BCUT2D eigenvalue weighted by Crippen LogP contribution is -2.44. The van der Waals surface area contributed by atoms with E-state index >= 15 is 0 Å². The summed E-state index contributed by atoms with van der Waals surface area (Å²) in [5.41, 5.74) is 1.21. The van der Waals surface area contributed by atoms with Crippen LogP contribution in [-0.2, 0) is 11.3 Å². The zero-order chi connectivity index (χ0) is 21.2. The SMILES string of the molecule is CCNC(=NCCCOCC1CC1)NC1CCN(Cc2cc(OC)cc(OC)c2)C1. The minimum absolute atomic E-state index is 0.404. The molecule has 1 saturated carbocycles. The molecule has 7 heteroatoms. The average Bonchev–Trinajstić information content (AvgIpc) is 3.48. The molecule has 0 spiro atoms. The van der Waals surface area contributed by atoms with Crippen LogP contribution in [0.25, 0.3) is 0 Å². The largest absolute Gasteiger partial charge is 0.497 e. The van der Waals surface area contributed by atoms with E-state index in [-0.39, 0.29) is 0 Å². The topological polar surface area (TPSA) is 67.4 Å². The van der Waals surface area contributed by atoms with Gasteiger partial charge in [0.25, 0.3) is 0 Å². The monoisotopic (exact) mass is 418 g/mol. The third kappa shape index (κ3) is 7.69. The summed E-state index contributed by atoms with van der Waals surface area (Å²) < 4.78 is 16.5. The number of guanidine groups is 1. The predicted octanol–water partition coefficient (Wildman–Crippen LogP) is 2.65. The van der Waals surface area contributed by atoms with Gasteiger partial charge in [-0.3, -0.25) is 9.89 Å². The Bertz CT molecular complexity index is 656. The Morgan fingerprint density at radius 3 is 2.57 bits per heavy atom. The minimum atomic E-state index is 0.404. The third-order valence-electron chi connectivity index (χ3n) is 5.54. The molecule has 30 heavy (non-hydrogen) atoms. The van der Waals surface area contributed by atoms with Crippen LogP contribution >= 0.6 is 0 Å². The molecular weight excluding hydrogens is 380 g/mol. The Hall–Kier alpha value is -1.99. The molecule has 2 aliphatic rings. The maximum Gasteiger partial charge on any atom is 0.191 e. The van der Waals surface area contributed by atoms with Crippen LogP contribution in [0, 0.1) is 5.92 Å². The van der Waals surface area contributed by atoms with Gasteiger partial charge in [0.15, 0.2) is 5.96 Å². The number of likely N-dealkylation sites (tertiary alicyclic amines) is 1. The van der Waals surface area contributed by atoms with E-state index in [9.17, 15) is 0 Å². The van der Waals surface area contributed by atoms with Gasteiger partial charge in [-0.15, -0.1) is 0 Å². The first-order valence-electron chi connectivity index (χ1n) is 11.3. The number of rotatable bonds is 12. The van der Waals surface area contributed by atoms with Gasteiger partial charge in [-0.05, 0) is 56.2 Å². The molecule has 1 aromatic rings. The highest BCUT2D eigenvalue weighted by Crippen LogP contribution is 2.28. The number of benzene rings is 1. The van der Waals surface area contributed by atoms with Gasteiger partial charge in [0, 0.05) is 58.0 Å². The van der Waals surface area contributed by atoms with Gasteiger partial charge < -0.3 is 24.8 Å². The maximum absolute atomic E-state index is 5.70. The molecule has 168 valence electrons. The van der Waals surface area contributed by atoms with Gasteiger partial charge in [-0.1, -0.05) is 0 Å². The van der Waals surface area contributed by atoms with Gasteiger partial charge in [-0.2, -0.15) is 0 Å². The van der Waals surface area contributed by atoms with Crippen molar-refractivity contribution in [2.75, 3.05) is 53.6 Å². The second-order valence-corrected chi connectivity index (χ2v) is 8.22. The Kier molecular flexibility index (Phi) is 9.08. The van der Waals surface area contributed by atoms with Crippen LogP contribution in [0.3, 0.4) is 0 Å². The van der Waals surface area contributed by atoms with E-state index in [1.807, 2.05) is 6.07 Å². The van der Waals surface area contributed by atoms with Crippen molar-refractivity contribution < 1.29 is 14.2 Å². The second-order valence-electron chi connectivity index (χ2n) is 8.22. The summed E-state index contributed by atoms with van der Waals surface area (Å²) in [5.74, 6) is 3.41. The number of aliphatic imine (C=N–C) groups is 1. The van der Waals surface area contributed by atoms with Crippen LogP contribution in [-0.4, -0.2) is 70.5 Å². The van der Waals surface area contributed by atoms with Crippen molar-refractivity contribution >= 4 is 5.96 Å². The fourth-order valence-electron chi connectivity index (χ4n) is 3.72. The van der Waals surface area contributed by atoms with Crippen LogP contribution in [0.15, 0.2) is 23.2 Å². The molecule has 0 radical (unpaired) electrons. The zero-order valence-corrected chi connectivity index (χ0v) is 18.8. The van der Waals surface area contributed by atoms with E-state index in [1.165, 1.54) is 18.4 Å². The molecule has 3 rings (SSSR count). The maximum atomic E-state index is 5.70. The summed E-state index contributed by atoms with van der Waals surface area (Å²) in [5, 5.41) is 6.97. The van der Waals surface area contributed by atoms with Gasteiger partial charge in [0.05, 0.1) is 14.2 Å². The highest BCUT2D eigenvalue weighted by Gasteiger charge is 2.23. The molecule has 1 heterocycles. The van der Waals surface area contributed by atoms with E-state index in [0.29, 0.717) is 6.04 Å². The molecule has 1 aliphatic heterocycles. The van der Waals surface area contributed by atoms with Gasteiger partial charge in [0.1, 0.15) is 11.5 Å². The lowest BCUT2D eigenvalue weighted by molar-refractivity contribution is 0.123. The summed E-state index contributed by atoms with van der Waals surface area (Å²) in [4.78, 5) is 7.19. The summed E-state index contributed by atoms with van der Waals surface area (Å²) in [6.45, 7) is 8.44. The van der Waals surface area contributed by atoms with Gasteiger partial charge in [0.2, 0.25) is 0 Å². The van der Waals surface area contributed by atoms with Crippen molar-refractivity contribution in [2.24, 2.45) is 10.9 Å². The van der Waals surface area contributed by atoms with E-state index in [1.54, 1.807) is 14.2 Å². The molecule has 0 aromatic heterocycles. The van der Waals surface area contributed by atoms with Crippen LogP contribution in [0.5, 0.6) is 11.5 Å². The molecule has 2 N–H and O–H groups in total. The first-order valence-corrected chi connectivity index (χ1v) is 11.3. The fraction of sp³-hybridized carbons (Fsp3) is 0.696. The van der Waals surface area contributed by atoms with Crippen molar-refractivity contribution in [2.45, 2.75) is 45.2 Å². The van der Waals surface area contributed by atoms with Crippen LogP contribution in [0.2, 0.25) is 0 Å². The summed E-state index contributed by atoms with van der Waals surface area (Å²) in [6, 6.07) is 6.48. The summed E-state index contributed by atoms with van der Waals surface area (Å²) >= 11 is 0. The number of hydrogen-bond donors (Lipinski definition) is 2. The average molecular weight is 419 g/mol. The predicted molar refractivity (Wildman–Crippen MR) is 121 cm³/mol. The van der Waals surface area contributed by atoms with E-state index in [2.05, 4.69) is 34.6 Å². The normalized spacial score (nSPS) is 19.7. The van der Waals surface area contributed by atoms with Crippen LogP contribution < -0.4 is 20.1 Å². The molecule has 0 amide bonds. The number of nitrogens with one attached hydrogen (secondary N) is 2. The molecule has 7 nitrogen and oxygen atoms in total.